The average Bonchev–Trinajstić information content (AvgIpc) is 3.32. The zero-order valence-electron chi connectivity index (χ0n) is 23.2. The summed E-state index contributed by atoms with van der Waals surface area (Å²) in [6.45, 7) is 7.69. The van der Waals surface area contributed by atoms with Gasteiger partial charge in [-0.15, -0.1) is 0 Å². The van der Waals surface area contributed by atoms with Crippen LogP contribution in [0.3, 0.4) is 0 Å². The molecule has 1 unspecified atom stereocenters. The summed E-state index contributed by atoms with van der Waals surface area (Å²) in [5.41, 5.74) is 3.65. The van der Waals surface area contributed by atoms with Gasteiger partial charge in [0, 0.05) is 42.1 Å². The topological polar surface area (TPSA) is 49.4 Å². The molecule has 1 heterocycles. The summed E-state index contributed by atoms with van der Waals surface area (Å²) in [4.78, 5) is 28.9. The van der Waals surface area contributed by atoms with Crippen molar-refractivity contribution in [2.75, 3.05) is 6.54 Å². The van der Waals surface area contributed by atoms with E-state index in [2.05, 4.69) is 74.6 Å². The lowest BCUT2D eigenvalue weighted by Gasteiger charge is -2.59. The van der Waals surface area contributed by atoms with Gasteiger partial charge in [0.15, 0.2) is 5.78 Å². The van der Waals surface area contributed by atoms with Crippen LogP contribution >= 0.6 is 0 Å². The van der Waals surface area contributed by atoms with Gasteiger partial charge in [0.1, 0.15) is 0 Å². The van der Waals surface area contributed by atoms with Gasteiger partial charge in [-0.2, -0.15) is 0 Å². The van der Waals surface area contributed by atoms with Gasteiger partial charge < -0.3 is 5.32 Å². The van der Waals surface area contributed by atoms with E-state index in [1.165, 1.54) is 43.2 Å². The fraction of sp³-hybridized carbons (Fsp3) is 0.529. The largest absolute Gasteiger partial charge is 0.334 e. The smallest absolute Gasteiger partial charge is 0.321 e. The van der Waals surface area contributed by atoms with Crippen LogP contribution in [0.25, 0.3) is 0 Å². The van der Waals surface area contributed by atoms with Crippen molar-refractivity contribution >= 4 is 11.8 Å². The number of likely N-dealkylation sites (tertiary alicyclic amines) is 1. The van der Waals surface area contributed by atoms with Gasteiger partial charge in [-0.05, 0) is 73.3 Å². The Morgan fingerprint density at radius 1 is 0.921 bits per heavy atom. The van der Waals surface area contributed by atoms with Gasteiger partial charge in [-0.3, -0.25) is 9.69 Å². The third-order valence-corrected chi connectivity index (χ3v) is 10.9. The van der Waals surface area contributed by atoms with E-state index in [9.17, 15) is 9.59 Å². The predicted molar refractivity (Wildman–Crippen MR) is 152 cm³/mol. The van der Waals surface area contributed by atoms with Crippen LogP contribution in [0.1, 0.15) is 82.8 Å². The Kier molecular flexibility index (Phi) is 6.48. The fourth-order valence-electron chi connectivity index (χ4n) is 8.94. The molecule has 6 rings (SSSR count). The number of carbonyl (C=O) groups is 2. The molecule has 2 aromatic rings. The molecule has 3 fully saturated rings. The maximum atomic E-state index is 14.2. The molecule has 0 aromatic heterocycles. The summed E-state index contributed by atoms with van der Waals surface area (Å²) < 4.78 is 0. The van der Waals surface area contributed by atoms with Crippen LogP contribution in [0, 0.1) is 28.6 Å². The summed E-state index contributed by atoms with van der Waals surface area (Å²) >= 11 is 0. The maximum absolute atomic E-state index is 14.2. The van der Waals surface area contributed by atoms with Gasteiger partial charge in [-0.25, -0.2) is 4.79 Å². The Labute approximate surface area is 227 Å². The Morgan fingerprint density at radius 3 is 2.24 bits per heavy atom. The minimum Gasteiger partial charge on any atom is -0.334 e. The number of rotatable bonds is 4. The molecule has 0 radical (unpaired) electrons. The summed E-state index contributed by atoms with van der Waals surface area (Å²) in [6.07, 6.45) is 9.68. The minimum absolute atomic E-state index is 0.0417. The van der Waals surface area contributed by atoms with Crippen molar-refractivity contribution in [3.8, 4) is 0 Å². The fourth-order valence-corrected chi connectivity index (χ4v) is 8.94. The minimum atomic E-state index is -0.112. The first kappa shape index (κ1) is 25.4. The summed E-state index contributed by atoms with van der Waals surface area (Å²) in [6, 6.07) is 20.8. The molecule has 4 aliphatic rings. The molecule has 4 nitrogen and oxygen atoms in total. The van der Waals surface area contributed by atoms with E-state index in [1.54, 1.807) is 0 Å². The number of fused-ring (bicyclic) bond motifs is 5. The van der Waals surface area contributed by atoms with Crippen molar-refractivity contribution in [3.05, 3.63) is 83.6 Å². The third kappa shape index (κ3) is 4.21. The lowest BCUT2D eigenvalue weighted by Crippen LogP contribution is -2.60. The second kappa shape index (κ2) is 9.70. The number of urea groups is 1. The van der Waals surface area contributed by atoms with Crippen LogP contribution in [0.2, 0.25) is 0 Å². The molecule has 2 aromatic carbocycles. The highest BCUT2D eigenvalue weighted by Crippen LogP contribution is 2.63. The van der Waals surface area contributed by atoms with Gasteiger partial charge in [-0.1, -0.05) is 80.9 Å². The molecule has 3 aliphatic carbocycles. The first-order valence-electron chi connectivity index (χ1n) is 14.7. The molecule has 1 aliphatic heterocycles. The predicted octanol–water partition coefficient (Wildman–Crippen LogP) is 7.32. The second-order valence-corrected chi connectivity index (χ2v) is 13.0. The number of piperidine rings is 1. The third-order valence-electron chi connectivity index (χ3n) is 10.9. The van der Waals surface area contributed by atoms with E-state index in [4.69, 9.17) is 0 Å². The number of nitrogens with zero attached hydrogens (tertiary/aromatic N) is 1. The molecular formula is C34H42N2O2. The van der Waals surface area contributed by atoms with Crippen LogP contribution in [0.15, 0.2) is 72.4 Å². The van der Waals surface area contributed by atoms with Crippen molar-refractivity contribution in [1.29, 1.82) is 0 Å². The number of hydrogen-bond acceptors (Lipinski definition) is 2. The quantitative estimate of drug-likeness (QED) is 0.468. The Bertz CT molecular complexity index is 1180. The first-order chi connectivity index (χ1) is 18.3. The second-order valence-electron chi connectivity index (χ2n) is 13.0. The van der Waals surface area contributed by atoms with E-state index in [0.717, 1.165) is 18.7 Å². The number of amides is 2. The van der Waals surface area contributed by atoms with Crippen LogP contribution < -0.4 is 5.32 Å². The number of nitrogens with one attached hydrogen (secondary N) is 1. The van der Waals surface area contributed by atoms with Crippen molar-refractivity contribution in [2.24, 2.45) is 28.6 Å². The van der Waals surface area contributed by atoms with Crippen LogP contribution in [-0.2, 0) is 4.79 Å². The summed E-state index contributed by atoms with van der Waals surface area (Å²) in [7, 11) is 0. The molecule has 6 atom stereocenters. The normalized spacial score (nSPS) is 33.2. The van der Waals surface area contributed by atoms with Gasteiger partial charge >= 0.3 is 6.03 Å². The zero-order valence-corrected chi connectivity index (χ0v) is 23.2. The van der Waals surface area contributed by atoms with E-state index in [-0.39, 0.29) is 29.2 Å². The maximum Gasteiger partial charge on any atom is 0.321 e. The number of hydrogen-bond donors (Lipinski definition) is 1. The van der Waals surface area contributed by atoms with Gasteiger partial charge in [0.2, 0.25) is 0 Å². The Balaban J connectivity index is 1.32. The molecule has 0 spiro atoms. The lowest BCUT2D eigenvalue weighted by atomic mass is 9.50. The van der Waals surface area contributed by atoms with Crippen molar-refractivity contribution in [3.63, 3.8) is 0 Å². The van der Waals surface area contributed by atoms with Crippen molar-refractivity contribution in [1.82, 2.24) is 10.2 Å². The molecule has 200 valence electrons. The Hall–Kier alpha value is -2.88. The molecular weight excluding hydrogens is 468 g/mol. The number of allylic oxidation sites excluding steroid dienone is 2. The molecule has 2 amide bonds. The molecule has 1 N–H and O–H groups in total. The zero-order chi connectivity index (χ0) is 26.5. The van der Waals surface area contributed by atoms with E-state index in [1.807, 2.05) is 23.1 Å². The number of carbonyl (C=O) groups excluding carboxylic acids is 2. The Morgan fingerprint density at radius 2 is 1.58 bits per heavy atom. The van der Waals surface area contributed by atoms with Crippen LogP contribution in [-0.4, -0.2) is 29.3 Å². The molecule has 4 heteroatoms. The molecule has 1 saturated heterocycles. The van der Waals surface area contributed by atoms with Crippen molar-refractivity contribution < 1.29 is 9.59 Å². The van der Waals surface area contributed by atoms with Gasteiger partial charge in [0.05, 0.1) is 0 Å². The van der Waals surface area contributed by atoms with E-state index < -0.39 is 0 Å². The SMILES string of the molecule is CC(NC(=O)N1C[C@H]2[C@@H]3CCC[C@@]3(C)CC[C@@H]2[C@@]2(C)CCC(=O)C=C12)C(c1ccccc1)c1ccccc1. The van der Waals surface area contributed by atoms with Crippen molar-refractivity contribution in [2.45, 2.75) is 77.7 Å². The monoisotopic (exact) mass is 510 g/mol. The van der Waals surface area contributed by atoms with Gasteiger partial charge in [0.25, 0.3) is 0 Å². The number of ketones is 1. The molecule has 38 heavy (non-hydrogen) atoms. The standard InChI is InChI=1S/C34H42N2O2/c1-23(31(24-11-6-4-7-12-24)25-13-8-5-9-14-25)35-32(38)36-22-27-28-15-10-18-33(28,2)19-17-29(27)34(3)20-16-26(37)21-30(34)36/h4-9,11-14,21,23,27-29,31H,10,15-20,22H2,1-3H3,(H,35,38)/t23?,27-,28-,29-,33-,34+/m0/s1. The summed E-state index contributed by atoms with van der Waals surface area (Å²) in [5.74, 6) is 1.94. The van der Waals surface area contributed by atoms with Crippen LogP contribution in [0.5, 0.6) is 0 Å². The highest BCUT2D eigenvalue weighted by atomic mass is 16.2. The molecule has 0 bridgehead atoms. The number of benzene rings is 2. The van der Waals surface area contributed by atoms with E-state index >= 15 is 0 Å². The summed E-state index contributed by atoms with van der Waals surface area (Å²) in [5, 5.41) is 3.41. The van der Waals surface area contributed by atoms with E-state index in [0.29, 0.717) is 29.6 Å². The average molecular weight is 511 g/mol. The first-order valence-corrected chi connectivity index (χ1v) is 14.7. The van der Waals surface area contributed by atoms with Crippen LogP contribution in [0.4, 0.5) is 4.79 Å². The highest BCUT2D eigenvalue weighted by molar-refractivity contribution is 5.92. The highest BCUT2D eigenvalue weighted by Gasteiger charge is 2.58. The lowest BCUT2D eigenvalue weighted by molar-refractivity contribution is -0.118. The molecule has 2 saturated carbocycles.